The Morgan fingerprint density at radius 1 is 1.42 bits per heavy atom. The third-order valence-corrected chi connectivity index (χ3v) is 4.89. The van der Waals surface area contributed by atoms with Gasteiger partial charge in [-0.2, -0.15) is 0 Å². The zero-order valence-corrected chi connectivity index (χ0v) is 11.3. The molecule has 7 nitrogen and oxygen atoms in total. The van der Waals surface area contributed by atoms with E-state index in [1.165, 1.54) is 12.3 Å². The quantitative estimate of drug-likeness (QED) is 0.663. The first kappa shape index (κ1) is 13.7. The maximum absolute atomic E-state index is 11.3. The Morgan fingerprint density at radius 3 is 2.58 bits per heavy atom. The zero-order valence-electron chi connectivity index (χ0n) is 10.5. The lowest BCUT2D eigenvalue weighted by Gasteiger charge is -2.24. The van der Waals surface area contributed by atoms with Gasteiger partial charge in [0.05, 0.1) is 16.4 Å². The number of nitrogens with one attached hydrogen (secondary N) is 1. The molecule has 2 heterocycles. The molecule has 1 fully saturated rings. The van der Waals surface area contributed by atoms with Crippen molar-refractivity contribution in [2.24, 2.45) is 0 Å². The van der Waals surface area contributed by atoms with Gasteiger partial charge in [0.2, 0.25) is 0 Å². The molecule has 0 atom stereocenters. The molecule has 1 aromatic rings. The summed E-state index contributed by atoms with van der Waals surface area (Å²) in [5.74, 6) is 0.933. The molecule has 0 unspecified atom stereocenters. The summed E-state index contributed by atoms with van der Waals surface area (Å²) in [7, 11) is -2.89. The number of aryl methyl sites for hydroxylation is 1. The number of hydrogen-bond acceptors (Lipinski definition) is 6. The maximum Gasteiger partial charge on any atom is 0.287 e. The Hall–Kier alpha value is -1.70. The Morgan fingerprint density at radius 2 is 2.05 bits per heavy atom. The van der Waals surface area contributed by atoms with Gasteiger partial charge in [-0.15, -0.1) is 0 Å². The van der Waals surface area contributed by atoms with E-state index in [2.05, 4.69) is 10.3 Å². The van der Waals surface area contributed by atoms with Crippen LogP contribution in [0.4, 0.5) is 11.5 Å². The van der Waals surface area contributed by atoms with Crippen LogP contribution in [0, 0.1) is 17.0 Å². The number of nitrogens with zero attached hydrogens (tertiary/aromatic N) is 2. The molecular formula is C11H15N3O4S. The number of aromatic nitrogens is 1. The largest absolute Gasteiger partial charge is 0.367 e. The van der Waals surface area contributed by atoms with Crippen molar-refractivity contribution in [3.05, 3.63) is 27.9 Å². The molecule has 0 saturated carbocycles. The van der Waals surface area contributed by atoms with Crippen LogP contribution < -0.4 is 5.32 Å². The van der Waals surface area contributed by atoms with E-state index in [1.807, 2.05) is 0 Å². The molecule has 104 valence electrons. The van der Waals surface area contributed by atoms with Crippen LogP contribution in [0.15, 0.2) is 12.3 Å². The summed E-state index contributed by atoms with van der Waals surface area (Å²) in [6, 6.07) is 1.51. The summed E-state index contributed by atoms with van der Waals surface area (Å²) < 4.78 is 22.6. The first-order valence-corrected chi connectivity index (χ1v) is 7.77. The van der Waals surface area contributed by atoms with E-state index < -0.39 is 14.8 Å². The maximum atomic E-state index is 11.3. The van der Waals surface area contributed by atoms with Crippen LogP contribution in [0.3, 0.4) is 0 Å². The molecule has 0 amide bonds. The van der Waals surface area contributed by atoms with Gasteiger partial charge in [-0.05, 0) is 25.3 Å². The third kappa shape index (κ3) is 3.40. The van der Waals surface area contributed by atoms with E-state index in [0.717, 1.165) is 0 Å². The minimum absolute atomic E-state index is 0.0470. The van der Waals surface area contributed by atoms with E-state index in [9.17, 15) is 18.5 Å². The van der Waals surface area contributed by atoms with Gasteiger partial charge in [0.25, 0.3) is 5.69 Å². The molecule has 0 aromatic carbocycles. The normalized spacial score (nSPS) is 19.0. The Bertz CT molecular complexity index is 586. The molecule has 1 saturated heterocycles. The highest BCUT2D eigenvalue weighted by molar-refractivity contribution is 7.91. The molecule has 1 N–H and O–H groups in total. The van der Waals surface area contributed by atoms with Crippen molar-refractivity contribution in [2.45, 2.75) is 25.8 Å². The standard InChI is InChI=1S/C11H15N3O4S/c1-8-6-10(14(15)16)7-12-11(8)13-9-2-4-19(17,18)5-3-9/h6-7,9H,2-5H2,1H3,(H,12,13). The highest BCUT2D eigenvalue weighted by Crippen LogP contribution is 2.21. The van der Waals surface area contributed by atoms with Crippen LogP contribution in [-0.2, 0) is 9.84 Å². The van der Waals surface area contributed by atoms with Gasteiger partial charge < -0.3 is 5.32 Å². The topological polar surface area (TPSA) is 102 Å². The van der Waals surface area contributed by atoms with E-state index in [1.54, 1.807) is 6.92 Å². The molecule has 19 heavy (non-hydrogen) atoms. The van der Waals surface area contributed by atoms with E-state index >= 15 is 0 Å². The minimum Gasteiger partial charge on any atom is -0.367 e. The van der Waals surface area contributed by atoms with E-state index in [4.69, 9.17) is 0 Å². The smallest absolute Gasteiger partial charge is 0.287 e. The Kier molecular flexibility index (Phi) is 3.70. The molecular weight excluding hydrogens is 270 g/mol. The van der Waals surface area contributed by atoms with Crippen molar-refractivity contribution in [2.75, 3.05) is 16.8 Å². The molecule has 2 rings (SSSR count). The molecule has 1 aliphatic rings. The molecule has 8 heteroatoms. The molecule has 0 bridgehead atoms. The number of sulfone groups is 1. The first-order valence-electron chi connectivity index (χ1n) is 5.95. The van der Waals surface area contributed by atoms with Gasteiger partial charge in [0, 0.05) is 12.1 Å². The van der Waals surface area contributed by atoms with Crippen molar-refractivity contribution in [1.82, 2.24) is 4.98 Å². The lowest BCUT2D eigenvalue weighted by Crippen LogP contribution is -2.32. The predicted octanol–water partition coefficient (Wildman–Crippen LogP) is 1.29. The predicted molar refractivity (Wildman–Crippen MR) is 70.9 cm³/mol. The van der Waals surface area contributed by atoms with E-state index in [0.29, 0.717) is 24.2 Å². The minimum atomic E-state index is -2.89. The number of hydrogen-bond donors (Lipinski definition) is 1. The molecule has 0 spiro atoms. The molecule has 1 aliphatic heterocycles. The second-order valence-electron chi connectivity index (χ2n) is 4.69. The van der Waals surface area contributed by atoms with Crippen molar-refractivity contribution >= 4 is 21.3 Å². The highest BCUT2D eigenvalue weighted by Gasteiger charge is 2.24. The summed E-state index contributed by atoms with van der Waals surface area (Å²) in [6.07, 6.45) is 2.29. The Labute approximate surface area is 111 Å². The molecule has 1 aromatic heterocycles. The first-order chi connectivity index (χ1) is 8.87. The second-order valence-corrected chi connectivity index (χ2v) is 6.99. The molecule has 0 radical (unpaired) electrons. The lowest BCUT2D eigenvalue weighted by molar-refractivity contribution is -0.385. The average Bonchev–Trinajstić information content (AvgIpc) is 2.34. The monoisotopic (exact) mass is 285 g/mol. The fraction of sp³-hybridized carbons (Fsp3) is 0.545. The lowest BCUT2D eigenvalue weighted by atomic mass is 10.1. The van der Waals surface area contributed by atoms with Crippen LogP contribution in [0.1, 0.15) is 18.4 Å². The van der Waals surface area contributed by atoms with Gasteiger partial charge in [0.1, 0.15) is 21.9 Å². The van der Waals surface area contributed by atoms with Gasteiger partial charge in [0.15, 0.2) is 0 Å². The van der Waals surface area contributed by atoms with Crippen molar-refractivity contribution in [1.29, 1.82) is 0 Å². The van der Waals surface area contributed by atoms with Crippen molar-refractivity contribution < 1.29 is 13.3 Å². The average molecular weight is 285 g/mol. The van der Waals surface area contributed by atoms with Crippen LogP contribution in [0.5, 0.6) is 0 Å². The summed E-state index contributed by atoms with van der Waals surface area (Å²) in [6.45, 7) is 1.74. The summed E-state index contributed by atoms with van der Waals surface area (Å²) in [4.78, 5) is 14.1. The van der Waals surface area contributed by atoms with E-state index in [-0.39, 0.29) is 23.2 Å². The third-order valence-electron chi connectivity index (χ3n) is 3.17. The van der Waals surface area contributed by atoms with Gasteiger partial charge >= 0.3 is 0 Å². The highest BCUT2D eigenvalue weighted by atomic mass is 32.2. The number of pyridine rings is 1. The number of nitro groups is 1. The summed E-state index contributed by atoms with van der Waals surface area (Å²) in [5.41, 5.74) is 0.636. The number of anilines is 1. The van der Waals surface area contributed by atoms with Crippen LogP contribution in [0.2, 0.25) is 0 Å². The van der Waals surface area contributed by atoms with Crippen molar-refractivity contribution in [3.63, 3.8) is 0 Å². The second kappa shape index (κ2) is 5.12. The van der Waals surface area contributed by atoms with Gasteiger partial charge in [-0.1, -0.05) is 0 Å². The summed E-state index contributed by atoms with van der Waals surface area (Å²) in [5, 5.41) is 13.8. The van der Waals surface area contributed by atoms with Crippen LogP contribution in [-0.4, -0.2) is 35.9 Å². The fourth-order valence-corrected chi connectivity index (χ4v) is 3.53. The van der Waals surface area contributed by atoms with Gasteiger partial charge in [-0.25, -0.2) is 13.4 Å². The Balaban J connectivity index is 2.06. The van der Waals surface area contributed by atoms with Gasteiger partial charge in [-0.3, -0.25) is 10.1 Å². The zero-order chi connectivity index (χ0) is 14.0. The van der Waals surface area contributed by atoms with Crippen LogP contribution >= 0.6 is 0 Å². The molecule has 0 aliphatic carbocycles. The summed E-state index contributed by atoms with van der Waals surface area (Å²) >= 11 is 0. The van der Waals surface area contributed by atoms with Crippen molar-refractivity contribution in [3.8, 4) is 0 Å². The SMILES string of the molecule is Cc1cc([N+](=O)[O-])cnc1NC1CCS(=O)(=O)CC1. The van der Waals surface area contributed by atoms with Crippen LogP contribution in [0.25, 0.3) is 0 Å². The number of rotatable bonds is 3. The fourth-order valence-electron chi connectivity index (χ4n) is 2.04.